The van der Waals surface area contributed by atoms with E-state index in [0.29, 0.717) is 26.1 Å². The van der Waals surface area contributed by atoms with Crippen molar-refractivity contribution in [2.75, 3.05) is 19.7 Å². The van der Waals surface area contributed by atoms with Gasteiger partial charge in [-0.2, -0.15) is 0 Å². The minimum Gasteiger partial charge on any atom is -0.481 e. The number of rotatable bonds is 7. The number of likely N-dealkylation sites (tertiary alicyclic amines) is 1. The van der Waals surface area contributed by atoms with Gasteiger partial charge in [-0.15, -0.1) is 11.3 Å². The number of amides is 2. The fourth-order valence-corrected chi connectivity index (χ4v) is 3.48. The third-order valence-electron chi connectivity index (χ3n) is 3.65. The first-order valence-corrected chi connectivity index (χ1v) is 8.79. The quantitative estimate of drug-likeness (QED) is 0.572. The summed E-state index contributed by atoms with van der Waals surface area (Å²) in [7, 11) is 0. The number of carboxylic acids is 1. The van der Waals surface area contributed by atoms with Gasteiger partial charge in [-0.05, 0) is 26.2 Å². The molecule has 1 atom stereocenters. The zero-order valence-electron chi connectivity index (χ0n) is 13.5. The highest BCUT2D eigenvalue weighted by Gasteiger charge is 2.32. The number of hydrogen-bond donors (Lipinski definition) is 2. The molecule has 0 aliphatic carbocycles. The SMILES string of the molecule is CCOC(=O)c1csc(C2CCCN2C(=O)NCCCC(=O)O)n1. The highest BCUT2D eigenvalue weighted by molar-refractivity contribution is 7.09. The molecule has 24 heavy (non-hydrogen) atoms. The molecule has 8 nitrogen and oxygen atoms in total. The molecule has 1 fully saturated rings. The van der Waals surface area contributed by atoms with E-state index in [-0.39, 0.29) is 24.2 Å². The van der Waals surface area contributed by atoms with E-state index >= 15 is 0 Å². The van der Waals surface area contributed by atoms with Crippen molar-refractivity contribution in [3.05, 3.63) is 16.1 Å². The molecule has 1 saturated heterocycles. The molecular formula is C15H21N3O5S. The van der Waals surface area contributed by atoms with E-state index in [1.165, 1.54) is 11.3 Å². The number of aliphatic carboxylic acids is 1. The van der Waals surface area contributed by atoms with Crippen molar-refractivity contribution in [3.63, 3.8) is 0 Å². The number of aromatic nitrogens is 1. The van der Waals surface area contributed by atoms with Gasteiger partial charge in [-0.25, -0.2) is 14.6 Å². The highest BCUT2D eigenvalue weighted by atomic mass is 32.1. The first-order chi connectivity index (χ1) is 11.5. The summed E-state index contributed by atoms with van der Waals surface area (Å²) in [5, 5.41) is 13.7. The van der Waals surface area contributed by atoms with E-state index < -0.39 is 11.9 Å². The molecule has 0 bridgehead atoms. The summed E-state index contributed by atoms with van der Waals surface area (Å²) in [6, 6.07) is -0.381. The maximum absolute atomic E-state index is 12.3. The van der Waals surface area contributed by atoms with Crippen LogP contribution in [0.15, 0.2) is 5.38 Å². The van der Waals surface area contributed by atoms with Crippen LogP contribution in [0.2, 0.25) is 0 Å². The molecule has 2 amide bonds. The Morgan fingerprint density at radius 2 is 2.29 bits per heavy atom. The maximum Gasteiger partial charge on any atom is 0.357 e. The molecule has 2 heterocycles. The van der Waals surface area contributed by atoms with Crippen LogP contribution in [0.25, 0.3) is 0 Å². The Morgan fingerprint density at radius 3 is 3.00 bits per heavy atom. The van der Waals surface area contributed by atoms with Gasteiger partial charge >= 0.3 is 18.0 Å². The van der Waals surface area contributed by atoms with Crippen molar-refractivity contribution in [1.82, 2.24) is 15.2 Å². The second-order valence-electron chi connectivity index (χ2n) is 5.37. The molecule has 0 saturated carbocycles. The van der Waals surface area contributed by atoms with E-state index in [1.54, 1.807) is 17.2 Å². The largest absolute Gasteiger partial charge is 0.481 e. The lowest BCUT2D eigenvalue weighted by atomic mass is 10.2. The van der Waals surface area contributed by atoms with Crippen LogP contribution in [-0.4, -0.2) is 52.7 Å². The van der Waals surface area contributed by atoms with Crippen molar-refractivity contribution < 1.29 is 24.2 Å². The first kappa shape index (κ1) is 18.2. The van der Waals surface area contributed by atoms with E-state index in [0.717, 1.165) is 17.8 Å². The van der Waals surface area contributed by atoms with Crippen LogP contribution in [0.5, 0.6) is 0 Å². The number of nitrogens with zero attached hydrogens (tertiary/aromatic N) is 2. The Bertz CT molecular complexity index is 604. The maximum atomic E-state index is 12.3. The van der Waals surface area contributed by atoms with Gasteiger partial charge in [0.05, 0.1) is 12.6 Å². The van der Waals surface area contributed by atoms with Crippen molar-refractivity contribution >= 4 is 29.3 Å². The van der Waals surface area contributed by atoms with Crippen LogP contribution < -0.4 is 5.32 Å². The lowest BCUT2D eigenvalue weighted by Gasteiger charge is -2.23. The fourth-order valence-electron chi connectivity index (χ4n) is 2.54. The molecule has 0 spiro atoms. The average molecular weight is 355 g/mol. The van der Waals surface area contributed by atoms with Crippen LogP contribution in [0.1, 0.15) is 54.1 Å². The van der Waals surface area contributed by atoms with E-state index in [4.69, 9.17) is 9.84 Å². The number of carbonyl (C=O) groups excluding carboxylic acids is 2. The van der Waals surface area contributed by atoms with Gasteiger partial charge in [0.15, 0.2) is 5.69 Å². The number of urea groups is 1. The number of hydrogen-bond acceptors (Lipinski definition) is 6. The van der Waals surface area contributed by atoms with Gasteiger partial charge in [0, 0.05) is 24.9 Å². The Balaban J connectivity index is 1.93. The Labute approximate surface area is 143 Å². The topological polar surface area (TPSA) is 109 Å². The molecule has 0 aromatic carbocycles. The third-order valence-corrected chi connectivity index (χ3v) is 4.59. The minimum atomic E-state index is -0.877. The first-order valence-electron chi connectivity index (χ1n) is 7.91. The summed E-state index contributed by atoms with van der Waals surface area (Å²) in [6.07, 6.45) is 2.07. The van der Waals surface area contributed by atoms with Crippen LogP contribution in [0.4, 0.5) is 4.79 Å². The monoisotopic (exact) mass is 355 g/mol. The minimum absolute atomic E-state index is 0.0269. The predicted octanol–water partition coefficient (Wildman–Crippen LogP) is 2.03. The standard InChI is InChI=1S/C15H21N3O5S/c1-2-23-14(21)10-9-24-13(17-10)11-5-4-8-18(11)15(22)16-7-3-6-12(19)20/h9,11H,2-8H2,1H3,(H,16,22)(H,19,20). The summed E-state index contributed by atoms with van der Waals surface area (Å²) in [5.41, 5.74) is 0.269. The zero-order valence-corrected chi connectivity index (χ0v) is 14.3. The molecule has 1 unspecified atom stereocenters. The second kappa shape index (κ2) is 8.62. The number of ether oxygens (including phenoxy) is 1. The summed E-state index contributed by atoms with van der Waals surface area (Å²) < 4.78 is 4.93. The van der Waals surface area contributed by atoms with Crippen molar-refractivity contribution in [3.8, 4) is 0 Å². The normalized spacial score (nSPS) is 16.9. The van der Waals surface area contributed by atoms with E-state index in [9.17, 15) is 14.4 Å². The molecule has 0 radical (unpaired) electrons. The summed E-state index contributed by atoms with van der Waals surface area (Å²) in [6.45, 7) is 2.96. The van der Waals surface area contributed by atoms with Gasteiger partial charge in [0.25, 0.3) is 0 Å². The Morgan fingerprint density at radius 1 is 1.50 bits per heavy atom. The summed E-state index contributed by atoms with van der Waals surface area (Å²) in [5.74, 6) is -1.33. The second-order valence-corrected chi connectivity index (χ2v) is 6.26. The number of nitrogens with one attached hydrogen (secondary N) is 1. The van der Waals surface area contributed by atoms with Gasteiger partial charge in [-0.1, -0.05) is 0 Å². The summed E-state index contributed by atoms with van der Waals surface area (Å²) >= 11 is 1.34. The molecule has 1 aliphatic heterocycles. The number of carboxylic acid groups (broad SMARTS) is 1. The van der Waals surface area contributed by atoms with Crippen molar-refractivity contribution in [2.24, 2.45) is 0 Å². The lowest BCUT2D eigenvalue weighted by molar-refractivity contribution is -0.137. The third kappa shape index (κ3) is 4.67. The molecule has 2 rings (SSSR count). The number of esters is 1. The van der Waals surface area contributed by atoms with Crippen LogP contribution in [-0.2, 0) is 9.53 Å². The molecule has 1 aliphatic rings. The fraction of sp³-hybridized carbons (Fsp3) is 0.600. The molecule has 9 heteroatoms. The molecule has 132 valence electrons. The highest BCUT2D eigenvalue weighted by Crippen LogP contribution is 2.33. The molecule has 2 N–H and O–H groups in total. The van der Waals surface area contributed by atoms with Crippen molar-refractivity contribution in [1.29, 1.82) is 0 Å². The summed E-state index contributed by atoms with van der Waals surface area (Å²) in [4.78, 5) is 40.4. The van der Waals surface area contributed by atoms with Crippen LogP contribution >= 0.6 is 11.3 Å². The van der Waals surface area contributed by atoms with Crippen LogP contribution in [0, 0.1) is 0 Å². The number of carbonyl (C=O) groups is 3. The van der Waals surface area contributed by atoms with Gasteiger partial charge in [0.1, 0.15) is 5.01 Å². The van der Waals surface area contributed by atoms with Crippen molar-refractivity contribution in [2.45, 2.75) is 38.6 Å². The number of thiazole rings is 1. The van der Waals surface area contributed by atoms with Gasteiger partial charge < -0.3 is 20.1 Å². The zero-order chi connectivity index (χ0) is 17.5. The van der Waals surface area contributed by atoms with Gasteiger partial charge in [-0.3, -0.25) is 4.79 Å². The molecule has 1 aromatic heterocycles. The predicted molar refractivity (Wildman–Crippen MR) is 87.0 cm³/mol. The van der Waals surface area contributed by atoms with E-state index in [2.05, 4.69) is 10.3 Å². The van der Waals surface area contributed by atoms with Crippen LogP contribution in [0.3, 0.4) is 0 Å². The molecular weight excluding hydrogens is 334 g/mol. The van der Waals surface area contributed by atoms with E-state index in [1.807, 2.05) is 0 Å². The lowest BCUT2D eigenvalue weighted by Crippen LogP contribution is -2.40. The smallest absolute Gasteiger partial charge is 0.357 e. The Hall–Kier alpha value is -2.16. The average Bonchev–Trinajstić information content (AvgIpc) is 3.19. The van der Waals surface area contributed by atoms with Gasteiger partial charge in [0.2, 0.25) is 0 Å². The Kier molecular flexibility index (Phi) is 6.53. The molecule has 1 aromatic rings.